The summed E-state index contributed by atoms with van der Waals surface area (Å²) in [6.45, 7) is 5.29. The molecule has 2 aromatic heterocycles. The lowest BCUT2D eigenvalue weighted by Crippen LogP contribution is -2.49. The van der Waals surface area contributed by atoms with E-state index in [4.69, 9.17) is 20.8 Å². The molecular formula is C33H30ClN7O6. The number of amides is 3. The van der Waals surface area contributed by atoms with Crippen LogP contribution in [-0.4, -0.2) is 55.5 Å². The number of hydrogen-bond acceptors (Lipinski definition) is 9. The van der Waals surface area contributed by atoms with Crippen LogP contribution in [-0.2, 0) is 25.5 Å². The van der Waals surface area contributed by atoms with Gasteiger partial charge in [-0.1, -0.05) is 35.9 Å². The Kier molecular flexibility index (Phi) is 9.76. The second-order valence-corrected chi connectivity index (χ2v) is 11.8. The number of carbonyl (C=O) groups excluding carboxylic acids is 4. The van der Waals surface area contributed by atoms with E-state index in [2.05, 4.69) is 31.5 Å². The van der Waals surface area contributed by atoms with Gasteiger partial charge in [0, 0.05) is 22.7 Å². The molecule has 0 saturated heterocycles. The molecule has 0 radical (unpaired) electrons. The SMILES string of the molecule is CC(C)(C)OC(=O)c1ccc(NC(=O)[C@H](Cc2ccc(-c3ccco3)cc2)NC(=O)C(=O)Nc2cc(Cl)ccc2-n2cnnn2)cc1. The predicted octanol–water partition coefficient (Wildman–Crippen LogP) is 4.84. The summed E-state index contributed by atoms with van der Waals surface area (Å²) >= 11 is 6.14. The fourth-order valence-corrected chi connectivity index (χ4v) is 4.60. The van der Waals surface area contributed by atoms with Crippen molar-refractivity contribution in [3.05, 3.63) is 108 Å². The van der Waals surface area contributed by atoms with Crippen LogP contribution in [0.1, 0.15) is 36.7 Å². The first kappa shape index (κ1) is 32.6. The molecule has 0 spiro atoms. The molecule has 0 unspecified atom stereocenters. The molecule has 13 nitrogen and oxygen atoms in total. The smallest absolute Gasteiger partial charge is 0.338 e. The Morgan fingerprint density at radius 2 is 1.68 bits per heavy atom. The van der Waals surface area contributed by atoms with Crippen LogP contribution in [0.15, 0.2) is 95.9 Å². The Morgan fingerprint density at radius 3 is 2.32 bits per heavy atom. The number of anilines is 2. The number of hydrogen-bond donors (Lipinski definition) is 3. The number of nitrogens with zero attached hydrogens (tertiary/aromatic N) is 4. The summed E-state index contributed by atoms with van der Waals surface area (Å²) in [6, 6.07) is 20.4. The predicted molar refractivity (Wildman–Crippen MR) is 173 cm³/mol. The molecule has 3 N–H and O–H groups in total. The maximum Gasteiger partial charge on any atom is 0.338 e. The highest BCUT2D eigenvalue weighted by Crippen LogP contribution is 2.24. The van der Waals surface area contributed by atoms with Gasteiger partial charge in [-0.15, -0.1) is 5.10 Å². The molecule has 0 bridgehead atoms. The highest BCUT2D eigenvalue weighted by atomic mass is 35.5. The summed E-state index contributed by atoms with van der Waals surface area (Å²) in [5, 5.41) is 19.1. The largest absolute Gasteiger partial charge is 0.464 e. The van der Waals surface area contributed by atoms with Crippen LogP contribution in [0, 0.1) is 0 Å². The molecule has 3 aromatic carbocycles. The van der Waals surface area contributed by atoms with Crippen LogP contribution in [0.3, 0.4) is 0 Å². The molecular weight excluding hydrogens is 626 g/mol. The fraction of sp³-hybridized carbons (Fsp3) is 0.182. The van der Waals surface area contributed by atoms with Crippen LogP contribution in [0.5, 0.6) is 0 Å². The van der Waals surface area contributed by atoms with E-state index < -0.39 is 35.3 Å². The van der Waals surface area contributed by atoms with E-state index in [1.54, 1.807) is 69.5 Å². The molecule has 14 heteroatoms. The molecule has 0 aliphatic carbocycles. The first-order chi connectivity index (χ1) is 22.4. The van der Waals surface area contributed by atoms with Crippen molar-refractivity contribution < 1.29 is 28.3 Å². The van der Waals surface area contributed by atoms with Crippen molar-refractivity contribution in [3.8, 4) is 17.0 Å². The lowest BCUT2D eigenvalue weighted by atomic mass is 10.0. The molecule has 0 aliphatic rings. The van der Waals surface area contributed by atoms with Gasteiger partial charge in [-0.3, -0.25) is 14.4 Å². The molecule has 0 aliphatic heterocycles. The molecule has 1 atom stereocenters. The minimum absolute atomic E-state index is 0.0479. The van der Waals surface area contributed by atoms with Crippen LogP contribution in [0.2, 0.25) is 5.02 Å². The molecule has 5 aromatic rings. The average Bonchev–Trinajstić information content (AvgIpc) is 3.76. The van der Waals surface area contributed by atoms with Crippen molar-refractivity contribution in [3.63, 3.8) is 0 Å². The summed E-state index contributed by atoms with van der Waals surface area (Å²) in [5.41, 5.74) is 2.07. The van der Waals surface area contributed by atoms with Crippen LogP contribution < -0.4 is 16.0 Å². The van der Waals surface area contributed by atoms with Gasteiger partial charge in [0.05, 0.1) is 23.2 Å². The topological polar surface area (TPSA) is 170 Å². The first-order valence-corrected chi connectivity index (χ1v) is 14.7. The van der Waals surface area contributed by atoms with Crippen molar-refractivity contribution in [1.82, 2.24) is 25.5 Å². The van der Waals surface area contributed by atoms with E-state index in [-0.39, 0.29) is 12.1 Å². The second-order valence-electron chi connectivity index (χ2n) is 11.3. The van der Waals surface area contributed by atoms with Gasteiger partial charge < -0.3 is 25.1 Å². The van der Waals surface area contributed by atoms with Gasteiger partial charge in [0.1, 0.15) is 23.7 Å². The zero-order valence-electron chi connectivity index (χ0n) is 25.6. The summed E-state index contributed by atoms with van der Waals surface area (Å²) in [6.07, 6.45) is 2.93. The normalized spacial score (nSPS) is 11.7. The van der Waals surface area contributed by atoms with Crippen LogP contribution in [0.4, 0.5) is 11.4 Å². The standard InChI is InChI=1S/C33H30ClN7O6/c1-33(2,3)47-32(45)22-10-13-24(14-11-22)36-29(42)26(17-20-6-8-21(9-7-20)28-5-4-16-46-28)38-31(44)30(43)37-25-18-23(34)12-15-27(25)41-19-35-39-40-41/h4-16,18-19,26H,17H2,1-3H3,(H,36,42)(H,37,43)(H,38,44)/t26-/m0/s1. The summed E-state index contributed by atoms with van der Waals surface area (Å²) in [4.78, 5) is 52.2. The Labute approximate surface area is 274 Å². The molecule has 0 saturated carbocycles. The van der Waals surface area contributed by atoms with Gasteiger partial charge in [-0.05, 0) is 91.4 Å². The Morgan fingerprint density at radius 1 is 0.936 bits per heavy atom. The maximum absolute atomic E-state index is 13.5. The number of benzene rings is 3. The fourth-order valence-electron chi connectivity index (χ4n) is 4.43. The van der Waals surface area contributed by atoms with Gasteiger partial charge in [0.2, 0.25) is 5.91 Å². The lowest BCUT2D eigenvalue weighted by molar-refractivity contribution is -0.137. The van der Waals surface area contributed by atoms with Gasteiger partial charge in [0.25, 0.3) is 0 Å². The van der Waals surface area contributed by atoms with Crippen LogP contribution >= 0.6 is 11.6 Å². The zero-order chi connectivity index (χ0) is 33.6. The van der Waals surface area contributed by atoms with E-state index in [9.17, 15) is 19.2 Å². The second kappa shape index (κ2) is 14.1. The van der Waals surface area contributed by atoms with Crippen molar-refractivity contribution in [2.45, 2.75) is 38.8 Å². The molecule has 5 rings (SSSR count). The summed E-state index contributed by atoms with van der Waals surface area (Å²) in [5.74, 6) is -2.54. The van der Waals surface area contributed by atoms with E-state index in [0.717, 1.165) is 5.56 Å². The van der Waals surface area contributed by atoms with Gasteiger partial charge in [0.15, 0.2) is 0 Å². The summed E-state index contributed by atoms with van der Waals surface area (Å²) in [7, 11) is 0. The minimum atomic E-state index is -1.17. The van der Waals surface area contributed by atoms with E-state index in [1.807, 2.05) is 18.2 Å². The first-order valence-electron chi connectivity index (χ1n) is 14.4. The number of halogens is 1. The van der Waals surface area contributed by atoms with Gasteiger partial charge in [-0.2, -0.15) is 4.68 Å². The third-order valence-electron chi connectivity index (χ3n) is 6.62. The van der Waals surface area contributed by atoms with Crippen molar-refractivity contribution in [2.24, 2.45) is 0 Å². The van der Waals surface area contributed by atoms with Crippen molar-refractivity contribution in [1.29, 1.82) is 0 Å². The number of nitrogens with one attached hydrogen (secondary N) is 3. The number of ether oxygens (including phenoxy) is 1. The van der Waals surface area contributed by atoms with E-state index in [1.165, 1.54) is 29.2 Å². The highest BCUT2D eigenvalue weighted by molar-refractivity contribution is 6.40. The van der Waals surface area contributed by atoms with E-state index in [0.29, 0.717) is 33.3 Å². The van der Waals surface area contributed by atoms with Crippen molar-refractivity contribution >= 4 is 46.7 Å². The number of rotatable bonds is 9. The third-order valence-corrected chi connectivity index (χ3v) is 6.85. The quantitative estimate of drug-likeness (QED) is 0.149. The molecule has 3 amide bonds. The Bertz CT molecular complexity index is 1870. The van der Waals surface area contributed by atoms with Gasteiger partial charge in [-0.25, -0.2) is 4.79 Å². The van der Waals surface area contributed by atoms with Crippen molar-refractivity contribution in [2.75, 3.05) is 10.6 Å². The van der Waals surface area contributed by atoms with Gasteiger partial charge >= 0.3 is 17.8 Å². The number of carbonyl (C=O) groups is 4. The molecule has 2 heterocycles. The average molecular weight is 656 g/mol. The van der Waals surface area contributed by atoms with Crippen LogP contribution in [0.25, 0.3) is 17.0 Å². The third kappa shape index (κ3) is 8.67. The Balaban J connectivity index is 1.33. The number of aromatic nitrogens is 4. The van der Waals surface area contributed by atoms with E-state index >= 15 is 0 Å². The summed E-state index contributed by atoms with van der Waals surface area (Å²) < 4.78 is 12.1. The molecule has 0 fully saturated rings. The maximum atomic E-state index is 13.5. The lowest BCUT2D eigenvalue weighted by Gasteiger charge is -2.20. The monoisotopic (exact) mass is 655 g/mol. The molecule has 240 valence electrons. The zero-order valence-corrected chi connectivity index (χ0v) is 26.3. The molecule has 47 heavy (non-hydrogen) atoms. The Hall–Kier alpha value is -5.82. The number of esters is 1. The minimum Gasteiger partial charge on any atom is -0.464 e. The number of furan rings is 1. The highest BCUT2D eigenvalue weighted by Gasteiger charge is 2.26. The number of tetrazole rings is 1.